The van der Waals surface area contributed by atoms with E-state index < -0.39 is 0 Å². The lowest BCUT2D eigenvalue weighted by Crippen LogP contribution is -2.22. The van der Waals surface area contributed by atoms with Crippen LogP contribution in [0.4, 0.5) is 5.95 Å². The lowest BCUT2D eigenvalue weighted by atomic mass is 10.1. The van der Waals surface area contributed by atoms with Crippen molar-refractivity contribution in [3.8, 4) is 11.4 Å². The molecular formula is C22H23ClN4O2S. The molecule has 2 heterocycles. The molecule has 2 aromatic carbocycles. The summed E-state index contributed by atoms with van der Waals surface area (Å²) in [6.45, 7) is 3.48. The molecular weight excluding hydrogens is 420 g/mol. The summed E-state index contributed by atoms with van der Waals surface area (Å²) in [6, 6.07) is 13.2. The molecule has 1 aliphatic heterocycles. The normalized spacial score (nSPS) is 13.6. The molecule has 1 aromatic heterocycles. The predicted molar refractivity (Wildman–Crippen MR) is 120 cm³/mol. The van der Waals surface area contributed by atoms with E-state index in [1.165, 1.54) is 0 Å². The minimum absolute atomic E-state index is 0.0273. The second-order valence-corrected chi connectivity index (χ2v) is 8.48. The Morgan fingerprint density at radius 1 is 1.17 bits per heavy atom. The first-order valence-electron chi connectivity index (χ1n) is 9.84. The number of ether oxygens (including phenoxy) is 1. The Morgan fingerprint density at radius 2 is 1.93 bits per heavy atom. The van der Waals surface area contributed by atoms with Gasteiger partial charge in [-0.15, -0.1) is 10.2 Å². The molecule has 4 rings (SSSR count). The number of halogens is 1. The maximum Gasteiger partial charge on any atom is 0.232 e. The van der Waals surface area contributed by atoms with Gasteiger partial charge in [0.1, 0.15) is 5.75 Å². The van der Waals surface area contributed by atoms with Gasteiger partial charge >= 0.3 is 0 Å². The lowest BCUT2D eigenvalue weighted by Gasteiger charge is -2.19. The van der Waals surface area contributed by atoms with E-state index in [0.29, 0.717) is 16.3 Å². The van der Waals surface area contributed by atoms with Crippen LogP contribution in [0, 0.1) is 0 Å². The number of methoxy groups -OCH3 is 1. The van der Waals surface area contributed by atoms with Crippen LogP contribution >= 0.6 is 23.4 Å². The Kier molecular flexibility index (Phi) is 6.29. The van der Waals surface area contributed by atoms with Gasteiger partial charge in [-0.2, -0.15) is 0 Å². The molecule has 0 spiro atoms. The second-order valence-electron chi connectivity index (χ2n) is 7.14. The fourth-order valence-corrected chi connectivity index (χ4v) is 4.71. The molecule has 0 aliphatic carbocycles. The Labute approximate surface area is 185 Å². The molecule has 1 saturated heterocycles. The van der Waals surface area contributed by atoms with Gasteiger partial charge in [0.2, 0.25) is 5.95 Å². The molecule has 6 nitrogen and oxygen atoms in total. The van der Waals surface area contributed by atoms with Gasteiger partial charge in [-0.3, -0.25) is 9.36 Å². The van der Waals surface area contributed by atoms with Gasteiger partial charge in [-0.25, -0.2) is 0 Å². The number of carbonyl (C=O) groups is 1. The van der Waals surface area contributed by atoms with E-state index in [0.717, 1.165) is 54.0 Å². The maximum atomic E-state index is 11.8. The van der Waals surface area contributed by atoms with E-state index in [1.807, 2.05) is 41.0 Å². The first-order chi connectivity index (χ1) is 14.6. The van der Waals surface area contributed by atoms with Gasteiger partial charge in [0.25, 0.3) is 0 Å². The van der Waals surface area contributed by atoms with E-state index in [2.05, 4.69) is 15.1 Å². The summed E-state index contributed by atoms with van der Waals surface area (Å²) in [5, 5.41) is 10.4. The zero-order valence-electron chi connectivity index (χ0n) is 17.0. The van der Waals surface area contributed by atoms with Crippen molar-refractivity contribution in [3.05, 3.63) is 58.6 Å². The third-order valence-corrected chi connectivity index (χ3v) is 6.44. The Morgan fingerprint density at radius 3 is 2.63 bits per heavy atom. The molecule has 0 N–H and O–H groups in total. The fraction of sp³-hybridized carbons (Fsp3) is 0.318. The molecule has 156 valence electrons. The van der Waals surface area contributed by atoms with Crippen LogP contribution in [0.15, 0.2) is 47.6 Å². The molecule has 0 atom stereocenters. The number of thioether (sulfide) groups is 1. The predicted octanol–water partition coefficient (Wildman–Crippen LogP) is 5.02. The summed E-state index contributed by atoms with van der Waals surface area (Å²) < 4.78 is 7.52. The summed E-state index contributed by atoms with van der Waals surface area (Å²) >= 11 is 8.07. The zero-order chi connectivity index (χ0) is 21.1. The van der Waals surface area contributed by atoms with Crippen LogP contribution in [-0.2, 0) is 5.75 Å². The SMILES string of the molecule is COc1ccc(C(C)=O)cc1CSc1nnc(N2CCCC2)n1-c1ccccc1Cl. The van der Waals surface area contributed by atoms with E-state index in [4.69, 9.17) is 16.3 Å². The average Bonchev–Trinajstić information content (AvgIpc) is 3.42. The largest absolute Gasteiger partial charge is 0.496 e. The van der Waals surface area contributed by atoms with Crippen molar-refractivity contribution in [1.29, 1.82) is 0 Å². The number of benzene rings is 2. The molecule has 0 saturated carbocycles. The van der Waals surface area contributed by atoms with Crippen LogP contribution < -0.4 is 9.64 Å². The van der Waals surface area contributed by atoms with Crippen molar-refractivity contribution in [1.82, 2.24) is 14.8 Å². The Bertz CT molecular complexity index is 1060. The summed E-state index contributed by atoms with van der Waals surface area (Å²) in [6.07, 6.45) is 2.29. The number of hydrogen-bond acceptors (Lipinski definition) is 6. The summed E-state index contributed by atoms with van der Waals surface area (Å²) in [4.78, 5) is 14.1. The standard InChI is InChI=1S/C22H23ClN4O2S/c1-15(28)16-9-10-20(29-2)17(13-16)14-30-22-25-24-21(26-11-5-6-12-26)27(22)19-8-4-3-7-18(19)23/h3-4,7-10,13H,5-6,11-12,14H2,1-2H3. The number of rotatable bonds is 7. The van der Waals surface area contributed by atoms with Crippen LogP contribution in [0.5, 0.6) is 5.75 Å². The monoisotopic (exact) mass is 442 g/mol. The Hall–Kier alpha value is -2.51. The van der Waals surface area contributed by atoms with E-state index >= 15 is 0 Å². The van der Waals surface area contributed by atoms with Gasteiger partial charge in [-0.1, -0.05) is 35.5 Å². The first-order valence-corrected chi connectivity index (χ1v) is 11.2. The average molecular weight is 443 g/mol. The molecule has 3 aromatic rings. The van der Waals surface area contributed by atoms with Gasteiger partial charge in [-0.05, 0) is 50.1 Å². The second kappa shape index (κ2) is 9.10. The van der Waals surface area contributed by atoms with E-state index in [1.54, 1.807) is 31.9 Å². The van der Waals surface area contributed by atoms with Gasteiger partial charge in [0, 0.05) is 30.0 Å². The maximum absolute atomic E-state index is 11.8. The molecule has 0 unspecified atom stereocenters. The minimum atomic E-state index is 0.0273. The summed E-state index contributed by atoms with van der Waals surface area (Å²) in [5.41, 5.74) is 2.46. The van der Waals surface area contributed by atoms with Crippen LogP contribution in [0.3, 0.4) is 0 Å². The van der Waals surface area contributed by atoms with Crippen LogP contribution in [0.2, 0.25) is 5.02 Å². The summed E-state index contributed by atoms with van der Waals surface area (Å²) in [5.74, 6) is 2.18. The summed E-state index contributed by atoms with van der Waals surface area (Å²) in [7, 11) is 1.63. The smallest absolute Gasteiger partial charge is 0.232 e. The van der Waals surface area contributed by atoms with E-state index in [9.17, 15) is 4.79 Å². The van der Waals surface area contributed by atoms with Crippen molar-refractivity contribution in [2.75, 3.05) is 25.1 Å². The number of carbonyl (C=O) groups excluding carboxylic acids is 1. The third-order valence-electron chi connectivity index (χ3n) is 5.14. The third kappa shape index (κ3) is 4.18. The van der Waals surface area contributed by atoms with Crippen molar-refractivity contribution >= 4 is 35.1 Å². The van der Waals surface area contributed by atoms with Crippen molar-refractivity contribution in [3.63, 3.8) is 0 Å². The van der Waals surface area contributed by atoms with Gasteiger partial charge in [0.15, 0.2) is 10.9 Å². The number of para-hydroxylation sites is 1. The first kappa shape index (κ1) is 20.8. The molecule has 0 amide bonds. The zero-order valence-corrected chi connectivity index (χ0v) is 18.5. The number of ketones is 1. The minimum Gasteiger partial charge on any atom is -0.496 e. The van der Waals surface area contributed by atoms with Crippen molar-refractivity contribution in [2.24, 2.45) is 0 Å². The number of Topliss-reactive ketones (excluding diaryl/α,β-unsaturated/α-hetero) is 1. The molecule has 0 bridgehead atoms. The fourth-order valence-electron chi connectivity index (χ4n) is 3.57. The number of aromatic nitrogens is 3. The molecule has 8 heteroatoms. The highest BCUT2D eigenvalue weighted by Gasteiger charge is 2.23. The van der Waals surface area contributed by atoms with Crippen LogP contribution in [0.25, 0.3) is 5.69 Å². The van der Waals surface area contributed by atoms with Crippen molar-refractivity contribution in [2.45, 2.75) is 30.7 Å². The van der Waals surface area contributed by atoms with Gasteiger partial charge < -0.3 is 9.64 Å². The highest BCUT2D eigenvalue weighted by molar-refractivity contribution is 7.98. The quantitative estimate of drug-likeness (QED) is 0.378. The van der Waals surface area contributed by atoms with Gasteiger partial charge in [0.05, 0.1) is 17.8 Å². The molecule has 30 heavy (non-hydrogen) atoms. The topological polar surface area (TPSA) is 60.2 Å². The molecule has 1 fully saturated rings. The van der Waals surface area contributed by atoms with Crippen LogP contribution in [-0.4, -0.2) is 40.7 Å². The lowest BCUT2D eigenvalue weighted by molar-refractivity contribution is 0.101. The van der Waals surface area contributed by atoms with Crippen molar-refractivity contribution < 1.29 is 9.53 Å². The van der Waals surface area contributed by atoms with E-state index in [-0.39, 0.29) is 5.78 Å². The number of nitrogens with zero attached hydrogens (tertiary/aromatic N) is 4. The van der Waals surface area contributed by atoms with Crippen LogP contribution in [0.1, 0.15) is 35.7 Å². The molecule has 0 radical (unpaired) electrons. The highest BCUT2D eigenvalue weighted by Crippen LogP contribution is 2.34. The molecule has 1 aliphatic rings. The number of anilines is 1. The number of hydrogen-bond donors (Lipinski definition) is 0. The Balaban J connectivity index is 1.69. The highest BCUT2D eigenvalue weighted by atomic mass is 35.5.